The molecule has 3 rings (SSSR count). The highest BCUT2D eigenvalue weighted by atomic mass is 127. The second kappa shape index (κ2) is 10.1. The van der Waals surface area contributed by atoms with E-state index in [4.69, 9.17) is 21.3 Å². The lowest BCUT2D eigenvalue weighted by molar-refractivity contribution is -0.138. The molecule has 5 atom stereocenters. The molecule has 3 heterocycles. The number of ether oxygens (including phenoxy) is 1. The van der Waals surface area contributed by atoms with Crippen LogP contribution in [0.2, 0.25) is 0 Å². The third-order valence-corrected chi connectivity index (χ3v) is 5.63. The van der Waals surface area contributed by atoms with Crippen molar-refractivity contribution in [2.75, 3.05) is 29.8 Å². The minimum Gasteiger partial charge on any atom is -0.480 e. The Morgan fingerprint density at radius 1 is 1.30 bits per heavy atom. The van der Waals surface area contributed by atoms with Crippen LogP contribution in [0.25, 0.3) is 11.2 Å². The van der Waals surface area contributed by atoms with Crippen molar-refractivity contribution >= 4 is 45.5 Å². The Balaban J connectivity index is 1.67. The van der Waals surface area contributed by atoms with Crippen molar-refractivity contribution < 1.29 is 24.9 Å². The fourth-order valence-corrected chi connectivity index (χ4v) is 4.18. The van der Waals surface area contributed by atoms with E-state index in [0.29, 0.717) is 37.1 Å². The maximum atomic E-state index is 10.9. The number of hydrogen-bond donors (Lipinski definition) is 5. The number of carbonyl (C=O) groups is 1. The quantitative estimate of drug-likeness (QED) is 0.185. The zero-order chi connectivity index (χ0) is 21.8. The number of hydrogen-bond acceptors (Lipinski definition) is 10. The first-order valence-corrected chi connectivity index (χ1v) is 11.1. The zero-order valence-electron chi connectivity index (χ0n) is 16.2. The Kier molecular flexibility index (Phi) is 7.75. The molecule has 13 heteroatoms. The van der Waals surface area contributed by atoms with Gasteiger partial charge in [-0.1, -0.05) is 22.6 Å². The van der Waals surface area contributed by atoms with Crippen LogP contribution in [0.4, 0.5) is 5.82 Å². The Morgan fingerprint density at radius 2 is 2.07 bits per heavy atom. The van der Waals surface area contributed by atoms with Gasteiger partial charge in [0.25, 0.3) is 0 Å². The summed E-state index contributed by atoms with van der Waals surface area (Å²) in [6.07, 6.45) is -0.0848. The molecule has 1 aliphatic rings. The second-order valence-corrected chi connectivity index (χ2v) is 8.28. The van der Waals surface area contributed by atoms with Gasteiger partial charge in [0.1, 0.15) is 36.2 Å². The molecule has 0 spiro atoms. The Labute approximate surface area is 186 Å². The van der Waals surface area contributed by atoms with E-state index >= 15 is 0 Å². The summed E-state index contributed by atoms with van der Waals surface area (Å²) in [5.41, 5.74) is 12.2. The molecule has 0 radical (unpaired) electrons. The van der Waals surface area contributed by atoms with Crippen LogP contribution in [0.3, 0.4) is 0 Å². The first kappa shape index (κ1) is 23.0. The largest absolute Gasteiger partial charge is 0.480 e. The lowest BCUT2D eigenvalue weighted by atomic mass is 10.1. The average Bonchev–Trinajstić information content (AvgIpc) is 3.25. The molecule has 2 aromatic heterocycles. The Morgan fingerprint density at radius 3 is 2.77 bits per heavy atom. The number of aromatic nitrogens is 4. The van der Waals surface area contributed by atoms with Gasteiger partial charge >= 0.3 is 5.97 Å². The van der Waals surface area contributed by atoms with Gasteiger partial charge in [-0.25, -0.2) is 15.0 Å². The topological polar surface area (TPSA) is 186 Å². The average molecular weight is 535 g/mol. The van der Waals surface area contributed by atoms with Crippen molar-refractivity contribution in [1.82, 2.24) is 24.4 Å². The van der Waals surface area contributed by atoms with Crippen molar-refractivity contribution in [3.63, 3.8) is 0 Å². The van der Waals surface area contributed by atoms with Crippen LogP contribution in [0.15, 0.2) is 12.7 Å². The molecule has 1 unspecified atom stereocenters. The van der Waals surface area contributed by atoms with E-state index in [1.165, 1.54) is 17.2 Å². The van der Waals surface area contributed by atoms with Gasteiger partial charge in [-0.05, 0) is 19.4 Å². The molecule has 1 saturated heterocycles. The summed E-state index contributed by atoms with van der Waals surface area (Å²) in [6, 6.07) is -0.894. The van der Waals surface area contributed by atoms with Crippen LogP contribution in [0, 0.1) is 0 Å². The number of nitrogens with zero attached hydrogens (tertiary/aromatic N) is 5. The van der Waals surface area contributed by atoms with E-state index in [1.54, 1.807) is 0 Å². The molecule has 0 bridgehead atoms. The molecule has 0 amide bonds. The van der Waals surface area contributed by atoms with Crippen LogP contribution in [-0.4, -0.2) is 94.1 Å². The molecule has 1 fully saturated rings. The molecule has 166 valence electrons. The van der Waals surface area contributed by atoms with Gasteiger partial charge in [-0.15, -0.1) is 0 Å². The van der Waals surface area contributed by atoms with Crippen molar-refractivity contribution in [2.45, 2.75) is 43.4 Å². The van der Waals surface area contributed by atoms with E-state index in [0.717, 1.165) is 11.0 Å². The van der Waals surface area contributed by atoms with Crippen LogP contribution in [-0.2, 0) is 9.53 Å². The van der Waals surface area contributed by atoms with Crippen molar-refractivity contribution in [1.29, 1.82) is 0 Å². The molecule has 1 aliphatic heterocycles. The van der Waals surface area contributed by atoms with Crippen LogP contribution >= 0.6 is 22.6 Å². The fraction of sp³-hybridized carbons (Fsp3) is 0.647. The fourth-order valence-electron chi connectivity index (χ4n) is 3.49. The summed E-state index contributed by atoms with van der Waals surface area (Å²) < 4.78 is 8.36. The molecule has 0 saturated carbocycles. The molecular formula is C17H26IN7O5. The molecule has 30 heavy (non-hydrogen) atoms. The van der Waals surface area contributed by atoms with E-state index in [2.05, 4.69) is 42.4 Å². The smallest absolute Gasteiger partial charge is 0.320 e. The number of imidazole rings is 1. The predicted octanol–water partition coefficient (Wildman–Crippen LogP) is -1.04. The van der Waals surface area contributed by atoms with E-state index in [9.17, 15) is 15.0 Å². The standard InChI is InChI=1S/C17H26IN7O5/c18-3-5-24(4-1-2-9(19)17(28)29)6-10-12(26)13(27)16(30-10)25-8-23-11-14(20)21-7-22-15(11)25/h7-10,12-13,16,26-27H,1-6,19H2,(H,28,29)(H2,20,21,22)/t9-,10+,12?,13-,16+/m0/s1. The zero-order valence-corrected chi connectivity index (χ0v) is 18.4. The lowest BCUT2D eigenvalue weighted by Crippen LogP contribution is -2.41. The number of carboxylic acids is 1. The number of alkyl halides is 1. The van der Waals surface area contributed by atoms with Crippen LogP contribution in [0.1, 0.15) is 19.1 Å². The Bertz CT molecular complexity index is 868. The molecule has 0 aliphatic carbocycles. The van der Waals surface area contributed by atoms with E-state index < -0.39 is 36.6 Å². The lowest BCUT2D eigenvalue weighted by Gasteiger charge is -2.26. The number of rotatable bonds is 10. The number of aliphatic hydroxyl groups is 2. The summed E-state index contributed by atoms with van der Waals surface area (Å²) in [5, 5.41) is 30.1. The SMILES string of the molecule is Nc1ncnc2c1ncn2[C@@H]1O[C@H](CN(CCI)CCC[C@H](N)C(=O)O)C(O)[C@@H]1O. The minimum absolute atomic E-state index is 0.219. The van der Waals surface area contributed by atoms with Gasteiger partial charge in [0.05, 0.1) is 6.33 Å². The first-order valence-electron chi connectivity index (χ1n) is 9.54. The van der Waals surface area contributed by atoms with E-state index in [-0.39, 0.29) is 5.82 Å². The summed E-state index contributed by atoms with van der Waals surface area (Å²) in [6.45, 7) is 1.72. The normalized spacial score (nSPS) is 25.2. The number of nitrogens with two attached hydrogens (primary N) is 2. The maximum absolute atomic E-state index is 10.9. The summed E-state index contributed by atoms with van der Waals surface area (Å²) in [5.74, 6) is -0.802. The molecule has 2 aromatic rings. The summed E-state index contributed by atoms with van der Waals surface area (Å²) >= 11 is 2.25. The first-order chi connectivity index (χ1) is 14.3. The van der Waals surface area contributed by atoms with Crippen molar-refractivity contribution in [3.05, 3.63) is 12.7 Å². The van der Waals surface area contributed by atoms with Gasteiger partial charge in [-0.2, -0.15) is 0 Å². The highest BCUT2D eigenvalue weighted by molar-refractivity contribution is 14.1. The monoisotopic (exact) mass is 535 g/mol. The van der Waals surface area contributed by atoms with Crippen LogP contribution in [0.5, 0.6) is 0 Å². The third-order valence-electron chi connectivity index (χ3n) is 5.14. The summed E-state index contributed by atoms with van der Waals surface area (Å²) in [7, 11) is 0. The highest BCUT2D eigenvalue weighted by Gasteiger charge is 2.44. The molecule has 12 nitrogen and oxygen atoms in total. The molecular weight excluding hydrogens is 509 g/mol. The molecule has 7 N–H and O–H groups in total. The van der Waals surface area contributed by atoms with Crippen molar-refractivity contribution in [3.8, 4) is 0 Å². The minimum atomic E-state index is -1.18. The Hall–Kier alpha value is -1.65. The van der Waals surface area contributed by atoms with Crippen LogP contribution < -0.4 is 11.5 Å². The maximum Gasteiger partial charge on any atom is 0.320 e. The van der Waals surface area contributed by atoms with Gasteiger partial charge in [0.2, 0.25) is 0 Å². The van der Waals surface area contributed by atoms with Gasteiger partial charge in [0, 0.05) is 17.5 Å². The van der Waals surface area contributed by atoms with Gasteiger partial charge in [-0.3, -0.25) is 14.3 Å². The highest BCUT2D eigenvalue weighted by Crippen LogP contribution is 2.32. The van der Waals surface area contributed by atoms with E-state index in [1.807, 2.05) is 0 Å². The number of aliphatic carboxylic acids is 1. The number of fused-ring (bicyclic) bond motifs is 1. The predicted molar refractivity (Wildman–Crippen MR) is 116 cm³/mol. The second-order valence-electron chi connectivity index (χ2n) is 7.21. The van der Waals surface area contributed by atoms with Gasteiger partial charge in [0.15, 0.2) is 17.7 Å². The van der Waals surface area contributed by atoms with Crippen molar-refractivity contribution in [2.24, 2.45) is 5.73 Å². The third kappa shape index (κ3) is 4.97. The summed E-state index contributed by atoms with van der Waals surface area (Å²) in [4.78, 5) is 25.2. The number of halogens is 1. The van der Waals surface area contributed by atoms with Gasteiger partial charge < -0.3 is 31.5 Å². The number of nitrogen functional groups attached to an aromatic ring is 1. The molecule has 0 aromatic carbocycles. The number of aliphatic hydroxyl groups excluding tert-OH is 2. The number of anilines is 1. The number of carboxylic acid groups (broad SMARTS) is 1.